The van der Waals surface area contributed by atoms with Gasteiger partial charge in [0.2, 0.25) is 0 Å². The summed E-state index contributed by atoms with van der Waals surface area (Å²) in [6.07, 6.45) is 0.743. The Morgan fingerprint density at radius 1 is 1.26 bits per heavy atom. The average Bonchev–Trinajstić information content (AvgIpc) is 3.11. The Hall–Kier alpha value is -1.59. The first kappa shape index (κ1) is 16.3. The van der Waals surface area contributed by atoms with Gasteiger partial charge in [-0.3, -0.25) is 4.90 Å². The number of furan rings is 1. The lowest BCUT2D eigenvalue weighted by molar-refractivity contribution is 0.215. The highest BCUT2D eigenvalue weighted by Gasteiger charge is 2.31. The molecular weight excluding hydrogens is 310 g/mol. The monoisotopic (exact) mass is 333 g/mol. The summed E-state index contributed by atoms with van der Waals surface area (Å²) in [5.74, 6) is 2.38. The minimum atomic E-state index is -2.85. The summed E-state index contributed by atoms with van der Waals surface area (Å²) >= 11 is 0. The molecule has 3 rings (SSSR count). The van der Waals surface area contributed by atoms with Crippen molar-refractivity contribution < 1.29 is 12.8 Å². The Balaban J connectivity index is 1.76. The molecule has 23 heavy (non-hydrogen) atoms. The van der Waals surface area contributed by atoms with E-state index in [1.165, 1.54) is 5.56 Å². The topological polar surface area (TPSA) is 50.5 Å². The summed E-state index contributed by atoms with van der Waals surface area (Å²) < 4.78 is 29.1. The largest absolute Gasteiger partial charge is 0.461 e. The van der Waals surface area contributed by atoms with E-state index < -0.39 is 9.84 Å². The van der Waals surface area contributed by atoms with Gasteiger partial charge in [-0.2, -0.15) is 0 Å². The van der Waals surface area contributed by atoms with Crippen molar-refractivity contribution in [1.29, 1.82) is 0 Å². The van der Waals surface area contributed by atoms with Gasteiger partial charge in [-0.15, -0.1) is 0 Å². The van der Waals surface area contributed by atoms with Gasteiger partial charge < -0.3 is 4.42 Å². The van der Waals surface area contributed by atoms with Crippen LogP contribution in [0.4, 0.5) is 0 Å². The number of aryl methyl sites for hydroxylation is 1. The van der Waals surface area contributed by atoms with E-state index in [9.17, 15) is 8.42 Å². The molecule has 1 fully saturated rings. The molecule has 0 bridgehead atoms. The van der Waals surface area contributed by atoms with E-state index >= 15 is 0 Å². The number of sulfone groups is 1. The first-order valence-electron chi connectivity index (χ1n) is 8.07. The number of hydrogen-bond donors (Lipinski definition) is 0. The lowest BCUT2D eigenvalue weighted by Gasteiger charge is -2.26. The molecule has 0 N–H and O–H groups in total. The van der Waals surface area contributed by atoms with Crippen LogP contribution >= 0.6 is 0 Å². The Morgan fingerprint density at radius 2 is 2.09 bits per heavy atom. The minimum Gasteiger partial charge on any atom is -0.461 e. The molecule has 1 saturated heterocycles. The maximum absolute atomic E-state index is 11.7. The zero-order chi connectivity index (χ0) is 16.4. The second-order valence-electron chi connectivity index (χ2n) is 6.23. The van der Waals surface area contributed by atoms with E-state index in [0.29, 0.717) is 5.75 Å². The molecule has 0 unspecified atom stereocenters. The smallest absolute Gasteiger partial charge is 0.151 e. The average molecular weight is 333 g/mol. The van der Waals surface area contributed by atoms with Gasteiger partial charge in [0.25, 0.3) is 0 Å². The second-order valence-corrected chi connectivity index (χ2v) is 8.46. The van der Waals surface area contributed by atoms with Gasteiger partial charge in [0.05, 0.1) is 11.5 Å². The lowest BCUT2D eigenvalue weighted by atomic mass is 10.1. The van der Waals surface area contributed by atoms with Crippen molar-refractivity contribution in [3.05, 3.63) is 47.7 Å². The van der Waals surface area contributed by atoms with Gasteiger partial charge >= 0.3 is 0 Å². The highest BCUT2D eigenvalue weighted by molar-refractivity contribution is 7.91. The molecule has 2 heterocycles. The third-order valence-corrected chi connectivity index (χ3v) is 6.22. The molecule has 4 nitrogen and oxygen atoms in total. The third-order valence-electron chi connectivity index (χ3n) is 4.47. The molecule has 0 aliphatic carbocycles. The van der Waals surface area contributed by atoms with E-state index in [0.717, 1.165) is 36.6 Å². The van der Waals surface area contributed by atoms with Crippen LogP contribution in [-0.4, -0.2) is 37.4 Å². The van der Waals surface area contributed by atoms with Crippen LogP contribution in [0.15, 0.2) is 40.8 Å². The first-order chi connectivity index (χ1) is 11.0. The summed E-state index contributed by atoms with van der Waals surface area (Å²) in [4.78, 5) is 2.26. The van der Waals surface area contributed by atoms with Crippen LogP contribution in [0.25, 0.3) is 11.3 Å². The summed E-state index contributed by atoms with van der Waals surface area (Å²) in [6, 6.07) is 12.4. The summed E-state index contributed by atoms with van der Waals surface area (Å²) in [5.41, 5.74) is 2.24. The van der Waals surface area contributed by atoms with Gasteiger partial charge in [-0.25, -0.2) is 8.42 Å². The molecule has 5 heteroatoms. The zero-order valence-electron chi connectivity index (χ0n) is 13.7. The fourth-order valence-electron chi connectivity index (χ4n) is 3.21. The van der Waals surface area contributed by atoms with Crippen molar-refractivity contribution in [2.75, 3.05) is 18.1 Å². The number of hydrogen-bond acceptors (Lipinski definition) is 4. The molecular formula is C18H23NO3S. The molecule has 1 aliphatic rings. The normalized spacial score (nSPS) is 20.2. The molecule has 1 aliphatic heterocycles. The van der Waals surface area contributed by atoms with Crippen LogP contribution < -0.4 is 0 Å². The molecule has 2 aromatic rings. The maximum Gasteiger partial charge on any atom is 0.151 e. The van der Waals surface area contributed by atoms with Gasteiger partial charge in [0.1, 0.15) is 11.5 Å². The van der Waals surface area contributed by atoms with Crippen molar-refractivity contribution >= 4 is 9.84 Å². The first-order valence-corrected chi connectivity index (χ1v) is 9.89. The van der Waals surface area contributed by atoms with E-state index in [2.05, 4.69) is 24.0 Å². The van der Waals surface area contributed by atoms with Crippen LogP contribution in [-0.2, 0) is 16.4 Å². The maximum atomic E-state index is 11.7. The molecule has 1 aromatic heterocycles. The van der Waals surface area contributed by atoms with Crippen molar-refractivity contribution in [2.45, 2.75) is 32.9 Å². The van der Waals surface area contributed by atoms with E-state index in [4.69, 9.17) is 4.42 Å². The van der Waals surface area contributed by atoms with Crippen LogP contribution in [0.2, 0.25) is 0 Å². The van der Waals surface area contributed by atoms with Crippen LogP contribution in [0.3, 0.4) is 0 Å². The standard InChI is InChI=1S/C18H23NO3S/c1-3-19(17-9-10-23(20,21)13-17)12-15-5-4-6-16(11-15)18-8-7-14(2)22-18/h4-8,11,17H,3,9-10,12-13H2,1-2H3/t17-/m0/s1. The predicted octanol–water partition coefficient (Wildman–Crippen LogP) is 3.26. The molecule has 1 atom stereocenters. The molecule has 1 aromatic carbocycles. The predicted molar refractivity (Wildman–Crippen MR) is 92.0 cm³/mol. The van der Waals surface area contributed by atoms with E-state index in [1.54, 1.807) is 0 Å². The Kier molecular flexibility index (Phi) is 4.60. The zero-order valence-corrected chi connectivity index (χ0v) is 14.5. The van der Waals surface area contributed by atoms with E-state index in [1.807, 2.05) is 31.2 Å². The van der Waals surface area contributed by atoms with Gasteiger partial charge in [0, 0.05) is 18.2 Å². The van der Waals surface area contributed by atoms with Crippen molar-refractivity contribution in [1.82, 2.24) is 4.90 Å². The SMILES string of the molecule is CCN(Cc1cccc(-c2ccc(C)o2)c1)[C@H]1CCS(=O)(=O)C1. The van der Waals surface area contributed by atoms with Crippen molar-refractivity contribution in [3.8, 4) is 11.3 Å². The number of benzene rings is 1. The van der Waals surface area contributed by atoms with Crippen LogP contribution in [0.5, 0.6) is 0 Å². The highest BCUT2D eigenvalue weighted by atomic mass is 32.2. The van der Waals surface area contributed by atoms with Crippen LogP contribution in [0.1, 0.15) is 24.7 Å². The fourth-order valence-corrected chi connectivity index (χ4v) is 4.97. The molecule has 0 saturated carbocycles. The van der Waals surface area contributed by atoms with Crippen molar-refractivity contribution in [3.63, 3.8) is 0 Å². The summed E-state index contributed by atoms with van der Waals surface area (Å²) in [7, 11) is -2.85. The Morgan fingerprint density at radius 3 is 2.70 bits per heavy atom. The van der Waals surface area contributed by atoms with E-state index in [-0.39, 0.29) is 11.8 Å². The Bertz CT molecular complexity index is 779. The third kappa shape index (κ3) is 3.85. The number of nitrogens with zero attached hydrogens (tertiary/aromatic N) is 1. The quantitative estimate of drug-likeness (QED) is 0.843. The summed E-state index contributed by atoms with van der Waals surface area (Å²) in [5, 5.41) is 0. The van der Waals surface area contributed by atoms with Gasteiger partial charge in [-0.05, 0) is 43.7 Å². The minimum absolute atomic E-state index is 0.138. The van der Waals surface area contributed by atoms with Gasteiger partial charge in [0.15, 0.2) is 9.84 Å². The Labute approximate surface area is 138 Å². The highest BCUT2D eigenvalue weighted by Crippen LogP contribution is 2.25. The second kappa shape index (κ2) is 6.49. The lowest BCUT2D eigenvalue weighted by Crippen LogP contribution is -2.35. The molecule has 0 amide bonds. The van der Waals surface area contributed by atoms with Gasteiger partial charge in [-0.1, -0.05) is 25.1 Å². The molecule has 0 radical (unpaired) electrons. The summed E-state index contributed by atoms with van der Waals surface area (Å²) in [6.45, 7) is 5.64. The van der Waals surface area contributed by atoms with Crippen LogP contribution in [0, 0.1) is 6.92 Å². The molecule has 124 valence electrons. The molecule has 0 spiro atoms. The van der Waals surface area contributed by atoms with Crippen molar-refractivity contribution in [2.24, 2.45) is 0 Å². The number of rotatable bonds is 5. The fraction of sp³-hybridized carbons (Fsp3) is 0.444.